The van der Waals surface area contributed by atoms with Crippen molar-refractivity contribution in [2.75, 3.05) is 0 Å². The van der Waals surface area contributed by atoms with Crippen molar-refractivity contribution in [1.29, 1.82) is 0 Å². The lowest BCUT2D eigenvalue weighted by Crippen LogP contribution is -2.29. The molecule has 4 aromatic carbocycles. The Bertz CT molecular complexity index is 1710. The molecule has 0 nitrogen and oxygen atoms in total. The van der Waals surface area contributed by atoms with Crippen molar-refractivity contribution in [2.24, 2.45) is 0 Å². The van der Waals surface area contributed by atoms with Crippen LogP contribution in [-0.4, -0.2) is 11.6 Å². The van der Waals surface area contributed by atoms with Crippen molar-refractivity contribution in [3.63, 3.8) is 0 Å². The van der Waals surface area contributed by atoms with Crippen molar-refractivity contribution in [2.45, 2.75) is 157 Å². The van der Waals surface area contributed by atoms with Gasteiger partial charge in [0, 0.05) is 10.6 Å². The first-order valence-corrected chi connectivity index (χ1v) is 21.2. The minimum atomic E-state index is 0.0605. The van der Waals surface area contributed by atoms with Gasteiger partial charge in [0.1, 0.15) is 0 Å². The Kier molecular flexibility index (Phi) is 11.9. The standard InChI is InChI=1S/C50H68P2/c1-45(2,3)37-27-39(47(7,8)9)43(40(28-37)48(10,11)12)51-31-33-19-23-35(24-20-33)36-25-21-34(22-26-36)32-52-44-41(49(13,14)15)29-38(46(4,5)6)30-42(44)50(16,17)18/h19-32H,1-18H3. The molecule has 278 valence electrons. The van der Waals surface area contributed by atoms with E-state index in [1.807, 2.05) is 0 Å². The van der Waals surface area contributed by atoms with Crippen LogP contribution in [0.2, 0.25) is 0 Å². The van der Waals surface area contributed by atoms with E-state index in [2.05, 4.69) is 209 Å². The van der Waals surface area contributed by atoms with Crippen molar-refractivity contribution in [3.8, 4) is 11.1 Å². The van der Waals surface area contributed by atoms with E-state index in [-0.39, 0.29) is 32.5 Å². The fourth-order valence-corrected chi connectivity index (χ4v) is 9.56. The van der Waals surface area contributed by atoms with Gasteiger partial charge in [-0.15, -0.1) is 0 Å². The minimum Gasteiger partial charge on any atom is -0.0672 e. The Morgan fingerprint density at radius 2 is 0.558 bits per heavy atom. The van der Waals surface area contributed by atoms with Crippen LogP contribution in [0.25, 0.3) is 11.1 Å². The highest BCUT2D eigenvalue weighted by Crippen LogP contribution is 2.37. The van der Waals surface area contributed by atoms with Crippen molar-refractivity contribution in [3.05, 3.63) is 117 Å². The summed E-state index contributed by atoms with van der Waals surface area (Å²) in [5.74, 6) is 4.78. The molecule has 4 rings (SSSR count). The average molecular weight is 731 g/mol. The second-order valence-corrected chi connectivity index (χ2v) is 23.0. The SMILES string of the molecule is CC(C)(C)c1cc(C(C)(C)C)c(P=Cc2ccc(-c3ccc(C=Pc4c(C(C)(C)C)cc(C(C)(C)C)cc4C(C)(C)C)cc3)cc2)c(C(C)(C)C)c1. The Morgan fingerprint density at radius 1 is 0.327 bits per heavy atom. The lowest BCUT2D eigenvalue weighted by Gasteiger charge is -2.32. The van der Waals surface area contributed by atoms with E-state index in [0.29, 0.717) is 0 Å². The molecule has 0 fully saturated rings. The van der Waals surface area contributed by atoms with Gasteiger partial charge in [-0.3, -0.25) is 0 Å². The molecule has 0 bridgehead atoms. The Morgan fingerprint density at radius 3 is 0.750 bits per heavy atom. The van der Waals surface area contributed by atoms with Crippen molar-refractivity contribution >= 4 is 38.6 Å². The summed E-state index contributed by atoms with van der Waals surface area (Å²) in [4.78, 5) is 0. The van der Waals surface area contributed by atoms with Crippen LogP contribution in [0, 0.1) is 0 Å². The quantitative estimate of drug-likeness (QED) is 0.179. The highest BCUT2D eigenvalue weighted by atomic mass is 31.1. The summed E-state index contributed by atoms with van der Waals surface area (Å²) in [7, 11) is 2.50. The normalized spacial score (nSPS) is 13.8. The molecule has 0 atom stereocenters. The van der Waals surface area contributed by atoms with Crippen LogP contribution in [0.3, 0.4) is 0 Å². The van der Waals surface area contributed by atoms with E-state index >= 15 is 0 Å². The van der Waals surface area contributed by atoms with Gasteiger partial charge in [-0.2, -0.15) is 0 Å². The predicted octanol–water partition coefficient (Wildman–Crippen LogP) is 14.0. The van der Waals surface area contributed by atoms with Crippen LogP contribution in [-0.2, 0) is 32.5 Å². The molecule has 0 radical (unpaired) electrons. The van der Waals surface area contributed by atoms with Gasteiger partial charge in [-0.1, -0.05) is 214 Å². The monoisotopic (exact) mass is 730 g/mol. The molecule has 0 aliphatic heterocycles. The van der Waals surface area contributed by atoms with Gasteiger partial charge in [0.15, 0.2) is 0 Å². The summed E-state index contributed by atoms with van der Waals surface area (Å²) < 4.78 is 0. The summed E-state index contributed by atoms with van der Waals surface area (Å²) in [6, 6.07) is 28.1. The summed E-state index contributed by atoms with van der Waals surface area (Å²) in [5.41, 5.74) is 14.2. The van der Waals surface area contributed by atoms with Crippen LogP contribution in [0.5, 0.6) is 0 Å². The van der Waals surface area contributed by atoms with E-state index in [1.54, 1.807) is 0 Å². The maximum absolute atomic E-state index is 2.48. The molecule has 4 aromatic rings. The molecule has 0 saturated carbocycles. The topological polar surface area (TPSA) is 0 Å². The summed E-state index contributed by atoms with van der Waals surface area (Å²) in [5, 5.41) is 2.91. The molecule has 0 aliphatic carbocycles. The number of hydrogen-bond donors (Lipinski definition) is 0. The van der Waals surface area contributed by atoms with Crippen LogP contribution in [0.1, 0.15) is 169 Å². The maximum atomic E-state index is 2.48. The first kappa shape index (κ1) is 42.0. The highest BCUT2D eigenvalue weighted by Gasteiger charge is 2.30. The van der Waals surface area contributed by atoms with Gasteiger partial charge in [0.2, 0.25) is 0 Å². The third kappa shape index (κ3) is 10.2. The molecule has 2 heteroatoms. The number of benzene rings is 4. The molecule has 0 aliphatic rings. The van der Waals surface area contributed by atoms with Gasteiger partial charge in [0.05, 0.1) is 0 Å². The molecule has 0 saturated heterocycles. The second kappa shape index (κ2) is 14.8. The van der Waals surface area contributed by atoms with Gasteiger partial charge >= 0.3 is 0 Å². The van der Waals surface area contributed by atoms with E-state index in [0.717, 1.165) is 0 Å². The zero-order valence-electron chi connectivity index (χ0n) is 36.0. The zero-order valence-corrected chi connectivity index (χ0v) is 37.8. The molecule has 52 heavy (non-hydrogen) atoms. The molecule has 0 aromatic heterocycles. The van der Waals surface area contributed by atoms with Gasteiger partial charge in [-0.05, 0) is 99.7 Å². The molecule has 0 spiro atoms. The molecule has 0 N–H and O–H groups in total. The van der Waals surface area contributed by atoms with Gasteiger partial charge in [-0.25, -0.2) is 0 Å². The van der Waals surface area contributed by atoms with Gasteiger partial charge < -0.3 is 0 Å². The minimum absolute atomic E-state index is 0.0605. The average Bonchev–Trinajstić information content (AvgIpc) is 2.99. The maximum Gasteiger partial charge on any atom is 0.00929 e. The smallest absolute Gasteiger partial charge is 0.00929 e. The lowest BCUT2D eigenvalue weighted by molar-refractivity contribution is 0.553. The van der Waals surface area contributed by atoms with Crippen molar-refractivity contribution < 1.29 is 0 Å². The van der Waals surface area contributed by atoms with Crippen LogP contribution >= 0.6 is 16.4 Å². The molecule has 0 unspecified atom stereocenters. The third-order valence-electron chi connectivity index (χ3n) is 10.0. The Balaban J connectivity index is 1.65. The fourth-order valence-electron chi connectivity index (χ4n) is 6.50. The molecule has 0 heterocycles. The molecular weight excluding hydrogens is 662 g/mol. The van der Waals surface area contributed by atoms with E-state index < -0.39 is 0 Å². The van der Waals surface area contributed by atoms with Crippen LogP contribution in [0.4, 0.5) is 0 Å². The predicted molar refractivity (Wildman–Crippen MR) is 240 cm³/mol. The summed E-state index contributed by atoms with van der Waals surface area (Å²) >= 11 is 0. The third-order valence-corrected chi connectivity index (χ3v) is 12.4. The van der Waals surface area contributed by atoms with E-state index in [9.17, 15) is 0 Å². The van der Waals surface area contributed by atoms with Crippen LogP contribution in [0.15, 0.2) is 72.8 Å². The molecule has 0 amide bonds. The fraction of sp³-hybridized carbons (Fsp3) is 0.480. The van der Waals surface area contributed by atoms with Crippen LogP contribution < -0.4 is 10.6 Å². The Hall–Kier alpha value is -2.78. The van der Waals surface area contributed by atoms with Crippen molar-refractivity contribution in [1.82, 2.24) is 0 Å². The zero-order chi connectivity index (χ0) is 39.2. The summed E-state index contributed by atoms with van der Waals surface area (Å²) in [6.07, 6.45) is 0. The Labute approximate surface area is 322 Å². The molecular formula is C50H68P2. The van der Waals surface area contributed by atoms with E-state index in [1.165, 1.54) is 82.7 Å². The number of hydrogen-bond acceptors (Lipinski definition) is 0. The summed E-state index contributed by atoms with van der Waals surface area (Å²) in [6.45, 7) is 42.2. The second-order valence-electron chi connectivity index (χ2n) is 21.1. The first-order valence-electron chi connectivity index (χ1n) is 19.2. The first-order chi connectivity index (χ1) is 23.6. The largest absolute Gasteiger partial charge is 0.0672 e. The highest BCUT2D eigenvalue weighted by molar-refractivity contribution is 7.48. The van der Waals surface area contributed by atoms with Gasteiger partial charge in [0.25, 0.3) is 0 Å². The van der Waals surface area contributed by atoms with E-state index in [4.69, 9.17) is 0 Å². The lowest BCUT2D eigenvalue weighted by atomic mass is 9.75. The number of rotatable bonds is 5.